The first kappa shape index (κ1) is 15.5. The van der Waals surface area contributed by atoms with Crippen LogP contribution in [-0.4, -0.2) is 38.6 Å². The molecule has 0 aromatic heterocycles. The zero-order valence-corrected chi connectivity index (χ0v) is 12.8. The van der Waals surface area contributed by atoms with Gasteiger partial charge in [-0.05, 0) is 37.0 Å². The van der Waals surface area contributed by atoms with Gasteiger partial charge in [-0.1, -0.05) is 11.6 Å². The maximum atomic E-state index is 13.0. The molecule has 7 heteroatoms. The van der Waals surface area contributed by atoms with E-state index in [-0.39, 0.29) is 10.9 Å². The number of nitrogens with one attached hydrogen (secondary N) is 1. The van der Waals surface area contributed by atoms with E-state index in [1.807, 2.05) is 0 Å². The van der Waals surface area contributed by atoms with Crippen LogP contribution < -0.4 is 5.32 Å². The topological polar surface area (TPSA) is 49.4 Å². The van der Waals surface area contributed by atoms with Crippen LogP contribution in [0, 0.1) is 11.7 Å². The lowest BCUT2D eigenvalue weighted by Crippen LogP contribution is -2.41. The largest absolute Gasteiger partial charge is 0.385 e. The maximum Gasteiger partial charge on any atom is 0.211 e. The first-order valence-electron chi connectivity index (χ1n) is 6.50. The van der Waals surface area contributed by atoms with Crippen molar-refractivity contribution in [3.63, 3.8) is 0 Å². The Balaban J connectivity index is 1.92. The van der Waals surface area contributed by atoms with Gasteiger partial charge in [0.25, 0.3) is 0 Å². The summed E-state index contributed by atoms with van der Waals surface area (Å²) in [4.78, 5) is 0. The summed E-state index contributed by atoms with van der Waals surface area (Å²) < 4.78 is 37.6. The lowest BCUT2D eigenvalue weighted by atomic mass is 9.99. The minimum Gasteiger partial charge on any atom is -0.385 e. The molecule has 1 saturated heterocycles. The summed E-state index contributed by atoms with van der Waals surface area (Å²) in [5.74, 6) is -0.194. The lowest BCUT2D eigenvalue weighted by Gasteiger charge is -2.31. The molecule has 1 N–H and O–H groups in total. The van der Waals surface area contributed by atoms with Crippen molar-refractivity contribution in [3.8, 4) is 0 Å². The van der Waals surface area contributed by atoms with Crippen LogP contribution in [0.25, 0.3) is 0 Å². The van der Waals surface area contributed by atoms with Crippen molar-refractivity contribution in [2.75, 3.05) is 31.2 Å². The molecular formula is C13H18ClFN2O2S. The quantitative estimate of drug-likeness (QED) is 0.927. The van der Waals surface area contributed by atoms with E-state index in [9.17, 15) is 12.8 Å². The molecule has 20 heavy (non-hydrogen) atoms. The lowest BCUT2D eigenvalue weighted by molar-refractivity contribution is 0.277. The molecule has 2 rings (SSSR count). The van der Waals surface area contributed by atoms with Crippen molar-refractivity contribution in [2.24, 2.45) is 5.92 Å². The number of hydrogen-bond acceptors (Lipinski definition) is 3. The average molecular weight is 321 g/mol. The van der Waals surface area contributed by atoms with Crippen LogP contribution in [0.3, 0.4) is 0 Å². The Morgan fingerprint density at radius 1 is 1.50 bits per heavy atom. The zero-order valence-electron chi connectivity index (χ0n) is 11.3. The van der Waals surface area contributed by atoms with Gasteiger partial charge in [-0.25, -0.2) is 17.1 Å². The second-order valence-corrected chi connectivity index (χ2v) is 7.53. The molecule has 4 nitrogen and oxygen atoms in total. The number of benzene rings is 1. The first-order valence-corrected chi connectivity index (χ1v) is 8.73. The van der Waals surface area contributed by atoms with Gasteiger partial charge in [0.05, 0.1) is 11.3 Å². The number of halogens is 2. The third kappa shape index (κ3) is 4.07. The van der Waals surface area contributed by atoms with E-state index in [0.717, 1.165) is 18.5 Å². The van der Waals surface area contributed by atoms with E-state index in [1.54, 1.807) is 6.07 Å². The van der Waals surface area contributed by atoms with Gasteiger partial charge in [0.15, 0.2) is 0 Å². The average Bonchev–Trinajstić information content (AvgIpc) is 2.39. The molecule has 112 valence electrons. The molecule has 1 aliphatic heterocycles. The number of anilines is 1. The van der Waals surface area contributed by atoms with Crippen LogP contribution in [0.5, 0.6) is 0 Å². The third-order valence-electron chi connectivity index (χ3n) is 3.47. The van der Waals surface area contributed by atoms with E-state index >= 15 is 0 Å². The van der Waals surface area contributed by atoms with Crippen LogP contribution in [-0.2, 0) is 10.0 Å². The Morgan fingerprint density at radius 3 is 2.90 bits per heavy atom. The first-order chi connectivity index (χ1) is 9.36. The van der Waals surface area contributed by atoms with Crippen molar-refractivity contribution in [3.05, 3.63) is 29.0 Å². The van der Waals surface area contributed by atoms with E-state index in [2.05, 4.69) is 5.32 Å². The summed E-state index contributed by atoms with van der Waals surface area (Å²) in [6.07, 6.45) is 3.08. The number of hydrogen-bond donors (Lipinski definition) is 1. The second kappa shape index (κ2) is 6.28. The van der Waals surface area contributed by atoms with Crippen LogP contribution in [0.15, 0.2) is 18.2 Å². The molecule has 0 spiro atoms. The van der Waals surface area contributed by atoms with Gasteiger partial charge in [0.1, 0.15) is 5.82 Å². The zero-order chi connectivity index (χ0) is 14.8. The molecule has 1 heterocycles. The van der Waals surface area contributed by atoms with Crippen LogP contribution in [0.1, 0.15) is 12.8 Å². The highest BCUT2D eigenvalue weighted by Crippen LogP contribution is 2.22. The van der Waals surface area contributed by atoms with E-state index in [4.69, 9.17) is 11.6 Å². The van der Waals surface area contributed by atoms with Crippen molar-refractivity contribution >= 4 is 27.3 Å². The van der Waals surface area contributed by atoms with Crippen LogP contribution in [0.2, 0.25) is 5.02 Å². The summed E-state index contributed by atoms with van der Waals surface area (Å²) in [5.41, 5.74) is 0.743. The molecule has 0 bridgehead atoms. The smallest absolute Gasteiger partial charge is 0.211 e. The highest BCUT2D eigenvalue weighted by molar-refractivity contribution is 7.88. The fourth-order valence-electron chi connectivity index (χ4n) is 2.36. The Morgan fingerprint density at radius 2 is 2.25 bits per heavy atom. The molecule has 1 aromatic carbocycles. The van der Waals surface area contributed by atoms with Gasteiger partial charge in [0.2, 0.25) is 10.0 Å². The van der Waals surface area contributed by atoms with Crippen molar-refractivity contribution in [2.45, 2.75) is 12.8 Å². The van der Waals surface area contributed by atoms with Gasteiger partial charge in [0, 0.05) is 25.3 Å². The minimum absolute atomic E-state index is 0.0800. The summed E-state index contributed by atoms with van der Waals surface area (Å²) in [6.45, 7) is 1.77. The standard InChI is InChI=1S/C13H18ClFN2O2S/c1-20(18,19)17-6-2-3-10(9-17)8-16-11-4-5-13(15)12(14)7-11/h4-5,7,10,16H,2-3,6,8-9H2,1H3. The minimum atomic E-state index is -3.12. The monoisotopic (exact) mass is 320 g/mol. The van der Waals surface area contributed by atoms with Crippen molar-refractivity contribution < 1.29 is 12.8 Å². The van der Waals surface area contributed by atoms with Gasteiger partial charge in [-0.2, -0.15) is 0 Å². The van der Waals surface area contributed by atoms with Crippen molar-refractivity contribution in [1.29, 1.82) is 0 Å². The molecule has 0 aliphatic carbocycles. The van der Waals surface area contributed by atoms with E-state index in [0.29, 0.717) is 19.6 Å². The van der Waals surface area contributed by atoms with Gasteiger partial charge >= 0.3 is 0 Å². The van der Waals surface area contributed by atoms with E-state index in [1.165, 1.54) is 22.7 Å². The second-order valence-electron chi connectivity index (χ2n) is 5.14. The molecule has 1 fully saturated rings. The van der Waals surface area contributed by atoms with Gasteiger partial charge in [-0.15, -0.1) is 0 Å². The Bertz CT molecular complexity index is 580. The summed E-state index contributed by atoms with van der Waals surface area (Å²) in [7, 11) is -3.12. The Labute approximate surface area is 124 Å². The molecule has 0 radical (unpaired) electrons. The molecule has 1 aromatic rings. The predicted molar refractivity (Wildman–Crippen MR) is 79.0 cm³/mol. The van der Waals surface area contributed by atoms with Gasteiger partial charge in [-0.3, -0.25) is 0 Å². The van der Waals surface area contributed by atoms with Gasteiger partial charge < -0.3 is 5.32 Å². The molecule has 1 unspecified atom stereocenters. The third-order valence-corrected chi connectivity index (χ3v) is 5.02. The molecule has 1 atom stereocenters. The molecule has 0 amide bonds. The number of rotatable bonds is 4. The fourth-order valence-corrected chi connectivity index (χ4v) is 3.49. The highest BCUT2D eigenvalue weighted by Gasteiger charge is 2.25. The van der Waals surface area contributed by atoms with Crippen LogP contribution >= 0.6 is 11.6 Å². The van der Waals surface area contributed by atoms with E-state index < -0.39 is 15.8 Å². The predicted octanol–water partition coefficient (Wildman–Crippen LogP) is 2.56. The Kier molecular flexibility index (Phi) is 4.88. The summed E-state index contributed by atoms with van der Waals surface area (Å²) in [6, 6.07) is 4.47. The molecule has 1 aliphatic rings. The molecule has 0 saturated carbocycles. The number of nitrogens with zero attached hydrogens (tertiary/aromatic N) is 1. The summed E-state index contributed by atoms with van der Waals surface area (Å²) in [5, 5.41) is 3.26. The Hall–Kier alpha value is -0.850. The summed E-state index contributed by atoms with van der Waals surface area (Å²) >= 11 is 5.72. The normalized spacial score (nSPS) is 20.9. The SMILES string of the molecule is CS(=O)(=O)N1CCCC(CNc2ccc(F)c(Cl)c2)C1. The van der Waals surface area contributed by atoms with Crippen LogP contribution in [0.4, 0.5) is 10.1 Å². The van der Waals surface area contributed by atoms with Crippen molar-refractivity contribution in [1.82, 2.24) is 4.31 Å². The highest BCUT2D eigenvalue weighted by atomic mass is 35.5. The maximum absolute atomic E-state index is 13.0. The number of piperidine rings is 1. The molecular weight excluding hydrogens is 303 g/mol. The number of sulfonamides is 1. The fraction of sp³-hybridized carbons (Fsp3) is 0.538.